The molecule has 2 atom stereocenters. The van der Waals surface area contributed by atoms with Crippen LogP contribution in [0.5, 0.6) is 0 Å². The highest BCUT2D eigenvalue weighted by atomic mass is 19.1. The minimum Gasteiger partial charge on any atom is -0.365 e. The molecule has 4 N–H and O–H groups in total. The summed E-state index contributed by atoms with van der Waals surface area (Å²) in [6.45, 7) is 2.16. The Bertz CT molecular complexity index is 411. The average molecular weight is 242 g/mol. The molecule has 1 aromatic rings. The van der Waals surface area contributed by atoms with E-state index < -0.39 is 11.6 Å². The van der Waals surface area contributed by atoms with Gasteiger partial charge in [0.25, 0.3) is 0 Å². The molecule has 0 bridgehead atoms. The monoisotopic (exact) mass is 242 g/mol. The Morgan fingerprint density at radius 3 is 2.59 bits per heavy atom. The molecule has 6 heteroatoms. The molecule has 0 aliphatic heterocycles. The van der Waals surface area contributed by atoms with Crippen molar-refractivity contribution < 1.29 is 8.78 Å². The van der Waals surface area contributed by atoms with E-state index in [1.165, 1.54) is 0 Å². The molecule has 1 aromatic heterocycles. The Labute approximate surface area is 98.6 Å². The Hall–Kier alpha value is -1.43. The van der Waals surface area contributed by atoms with Gasteiger partial charge in [0.15, 0.2) is 23.3 Å². The zero-order valence-electron chi connectivity index (χ0n) is 9.63. The third-order valence-electron chi connectivity index (χ3n) is 3.10. The topological polar surface area (TPSA) is 63.0 Å². The first-order valence-corrected chi connectivity index (χ1v) is 5.69. The molecule has 2 rings (SSSR count). The number of hydrogen-bond acceptors (Lipinski definition) is 4. The van der Waals surface area contributed by atoms with Crippen molar-refractivity contribution in [3.05, 3.63) is 17.7 Å². The number of nitrogens with one attached hydrogen (secondary N) is 2. The smallest absolute Gasteiger partial charge is 0.178 e. The summed E-state index contributed by atoms with van der Waals surface area (Å²) in [5.74, 6) is 4.14. The van der Waals surface area contributed by atoms with Crippen LogP contribution in [0.4, 0.5) is 20.4 Å². The molecule has 0 spiro atoms. The minimum absolute atomic E-state index is 0.0541. The van der Waals surface area contributed by atoms with Gasteiger partial charge in [0.1, 0.15) is 0 Å². The van der Waals surface area contributed by atoms with Crippen LogP contribution in [0, 0.1) is 17.6 Å². The molecule has 0 amide bonds. The van der Waals surface area contributed by atoms with E-state index in [0.717, 1.165) is 25.3 Å². The second kappa shape index (κ2) is 4.83. The molecule has 0 radical (unpaired) electrons. The second-order valence-electron chi connectivity index (χ2n) is 4.55. The number of anilines is 2. The maximum absolute atomic E-state index is 13.5. The van der Waals surface area contributed by atoms with Crippen molar-refractivity contribution in [3.63, 3.8) is 0 Å². The van der Waals surface area contributed by atoms with E-state index in [1.54, 1.807) is 0 Å². The highest BCUT2D eigenvalue weighted by Crippen LogP contribution is 2.28. The predicted molar refractivity (Wildman–Crippen MR) is 62.4 cm³/mol. The van der Waals surface area contributed by atoms with Crippen LogP contribution in [0.15, 0.2) is 6.07 Å². The van der Waals surface area contributed by atoms with E-state index in [0.29, 0.717) is 5.92 Å². The average Bonchev–Trinajstić information content (AvgIpc) is 2.68. The first-order chi connectivity index (χ1) is 8.10. The lowest BCUT2D eigenvalue weighted by molar-refractivity contribution is 0.571. The quantitative estimate of drug-likeness (QED) is 0.562. The summed E-state index contributed by atoms with van der Waals surface area (Å²) < 4.78 is 26.6. The zero-order chi connectivity index (χ0) is 12.4. The van der Waals surface area contributed by atoms with Crippen LogP contribution in [-0.4, -0.2) is 11.0 Å². The number of rotatable bonds is 3. The summed E-state index contributed by atoms with van der Waals surface area (Å²) in [5, 5.41) is 2.99. The Morgan fingerprint density at radius 1 is 1.29 bits per heavy atom. The number of halogens is 2. The fourth-order valence-electron chi connectivity index (χ4n) is 2.20. The molecule has 94 valence electrons. The van der Waals surface area contributed by atoms with Crippen LogP contribution < -0.4 is 16.6 Å². The van der Waals surface area contributed by atoms with Gasteiger partial charge in [-0.1, -0.05) is 6.92 Å². The number of nitrogens with two attached hydrogens (primary N) is 1. The van der Waals surface area contributed by atoms with Gasteiger partial charge in [-0.3, -0.25) is 0 Å². The molecule has 1 heterocycles. The van der Waals surface area contributed by atoms with Gasteiger partial charge in [0.2, 0.25) is 0 Å². The summed E-state index contributed by atoms with van der Waals surface area (Å²) in [6.07, 6.45) is 3.07. The molecule has 0 saturated heterocycles. The van der Waals surface area contributed by atoms with Gasteiger partial charge in [-0.15, -0.1) is 0 Å². The van der Waals surface area contributed by atoms with E-state index >= 15 is 0 Å². The van der Waals surface area contributed by atoms with Crippen molar-refractivity contribution in [1.82, 2.24) is 4.98 Å². The minimum atomic E-state index is -0.796. The molecule has 1 aliphatic carbocycles. The van der Waals surface area contributed by atoms with Gasteiger partial charge in [0.05, 0.1) is 0 Å². The lowest BCUT2D eigenvalue weighted by atomic mass is 10.1. The Morgan fingerprint density at radius 2 is 2.00 bits per heavy atom. The molecule has 0 aromatic carbocycles. The van der Waals surface area contributed by atoms with E-state index in [1.807, 2.05) is 0 Å². The molecule has 1 saturated carbocycles. The van der Waals surface area contributed by atoms with E-state index in [2.05, 4.69) is 22.7 Å². The van der Waals surface area contributed by atoms with Crippen molar-refractivity contribution >= 4 is 11.6 Å². The number of nitrogens with zero attached hydrogens (tertiary/aromatic N) is 1. The van der Waals surface area contributed by atoms with Crippen LogP contribution in [0.2, 0.25) is 0 Å². The van der Waals surface area contributed by atoms with Gasteiger partial charge in [-0.25, -0.2) is 19.6 Å². The largest absolute Gasteiger partial charge is 0.365 e. The summed E-state index contributed by atoms with van der Waals surface area (Å²) >= 11 is 0. The van der Waals surface area contributed by atoms with Crippen LogP contribution in [0.25, 0.3) is 0 Å². The van der Waals surface area contributed by atoms with Gasteiger partial charge in [-0.2, -0.15) is 0 Å². The number of pyridine rings is 1. The van der Waals surface area contributed by atoms with Gasteiger partial charge < -0.3 is 10.7 Å². The number of aromatic nitrogens is 1. The normalized spacial score (nSPS) is 23.8. The molecule has 1 aliphatic rings. The molecule has 4 nitrogen and oxygen atoms in total. The summed E-state index contributed by atoms with van der Waals surface area (Å²) in [6, 6.07) is 0.978. The second-order valence-corrected chi connectivity index (χ2v) is 4.55. The van der Waals surface area contributed by atoms with E-state index in [4.69, 9.17) is 5.84 Å². The Kier molecular flexibility index (Phi) is 3.42. The standard InChI is InChI=1S/C11H16F2N4/c1-6-2-3-7(4-6)15-10-8(12)5-9(13)11(16-10)17-14/h5-7H,2-4,14H2,1H3,(H2,15,16,17). The molecule has 2 unspecified atom stereocenters. The van der Waals surface area contributed by atoms with Crippen molar-refractivity contribution in [1.29, 1.82) is 0 Å². The maximum atomic E-state index is 13.5. The third-order valence-corrected chi connectivity index (χ3v) is 3.10. The highest BCUT2D eigenvalue weighted by Gasteiger charge is 2.23. The Balaban J connectivity index is 2.15. The van der Waals surface area contributed by atoms with Crippen LogP contribution >= 0.6 is 0 Å². The molecular formula is C11H16F2N4. The first-order valence-electron chi connectivity index (χ1n) is 5.69. The van der Waals surface area contributed by atoms with Gasteiger partial charge >= 0.3 is 0 Å². The van der Waals surface area contributed by atoms with Crippen molar-refractivity contribution in [2.24, 2.45) is 11.8 Å². The SMILES string of the molecule is CC1CCC(Nc2nc(NN)c(F)cc2F)C1. The molecule has 17 heavy (non-hydrogen) atoms. The fourth-order valence-corrected chi connectivity index (χ4v) is 2.20. The number of nitrogen functional groups attached to an aromatic ring is 1. The van der Waals surface area contributed by atoms with Gasteiger partial charge in [-0.05, 0) is 25.2 Å². The van der Waals surface area contributed by atoms with Crippen molar-refractivity contribution in [3.8, 4) is 0 Å². The number of hydrogen-bond donors (Lipinski definition) is 3. The third kappa shape index (κ3) is 2.63. The highest BCUT2D eigenvalue weighted by molar-refractivity contribution is 5.47. The van der Waals surface area contributed by atoms with Crippen molar-refractivity contribution in [2.45, 2.75) is 32.2 Å². The number of hydrazine groups is 1. The van der Waals surface area contributed by atoms with Crippen LogP contribution in [0.3, 0.4) is 0 Å². The van der Waals surface area contributed by atoms with Gasteiger partial charge in [0, 0.05) is 12.1 Å². The zero-order valence-corrected chi connectivity index (χ0v) is 9.63. The molecular weight excluding hydrogens is 226 g/mol. The summed E-state index contributed by atoms with van der Waals surface area (Å²) in [4.78, 5) is 3.78. The summed E-state index contributed by atoms with van der Waals surface area (Å²) in [5.41, 5.74) is 2.10. The van der Waals surface area contributed by atoms with Crippen LogP contribution in [-0.2, 0) is 0 Å². The van der Waals surface area contributed by atoms with Crippen LogP contribution in [0.1, 0.15) is 26.2 Å². The van der Waals surface area contributed by atoms with E-state index in [9.17, 15) is 8.78 Å². The maximum Gasteiger partial charge on any atom is 0.178 e. The predicted octanol–water partition coefficient (Wildman–Crippen LogP) is 2.25. The first kappa shape index (κ1) is 12.0. The summed E-state index contributed by atoms with van der Waals surface area (Å²) in [7, 11) is 0. The van der Waals surface area contributed by atoms with Crippen molar-refractivity contribution in [2.75, 3.05) is 10.7 Å². The van der Waals surface area contributed by atoms with E-state index in [-0.39, 0.29) is 17.7 Å². The lowest BCUT2D eigenvalue weighted by Gasteiger charge is -2.14. The lowest BCUT2D eigenvalue weighted by Crippen LogP contribution is -2.19. The fraction of sp³-hybridized carbons (Fsp3) is 0.545. The molecule has 1 fully saturated rings.